The van der Waals surface area contributed by atoms with Gasteiger partial charge in [0, 0.05) is 30.8 Å². The quantitative estimate of drug-likeness (QED) is 0.477. The number of piperidine rings is 1. The van der Waals surface area contributed by atoms with Gasteiger partial charge in [-0.1, -0.05) is 51.1 Å². The van der Waals surface area contributed by atoms with E-state index in [0.717, 1.165) is 61.4 Å². The molecular formula is C27H33FN4. The predicted octanol–water partition coefficient (Wildman–Crippen LogP) is 6.28. The monoisotopic (exact) mass is 432 g/mol. The molecule has 4 nitrogen and oxygen atoms in total. The molecule has 3 aromatic rings. The average Bonchev–Trinajstić information content (AvgIpc) is 3.29. The normalized spacial score (nSPS) is 14.7. The van der Waals surface area contributed by atoms with Gasteiger partial charge in [-0.25, -0.2) is 9.37 Å². The second-order valence-electron chi connectivity index (χ2n) is 8.81. The summed E-state index contributed by atoms with van der Waals surface area (Å²) in [5.41, 5.74) is 6.08. The second kappa shape index (κ2) is 9.68. The molecule has 1 fully saturated rings. The lowest BCUT2D eigenvalue weighted by Crippen LogP contribution is -2.31. The highest BCUT2D eigenvalue weighted by molar-refractivity contribution is 5.71. The number of likely N-dealkylation sites (tertiary alicyclic amines) is 1. The molecule has 0 saturated carbocycles. The number of benzene rings is 2. The number of halogens is 1. The number of H-pyrrole nitrogens is 1. The van der Waals surface area contributed by atoms with Crippen molar-refractivity contribution < 1.29 is 4.39 Å². The standard InChI is InChI=1S/C27H33FN4/c1-5-7-20-8-10-21(11-9-20)22-12-14-32(15-13-22)19(4)23-17-24(25(28)16-18(23)3)27-29-26(6-2)30-31-27/h8-11,16-17,22H,4-7,12-15H2,1-3H3,(H,29,30,31). The fourth-order valence-electron chi connectivity index (χ4n) is 4.63. The highest BCUT2D eigenvalue weighted by Gasteiger charge is 2.23. The van der Waals surface area contributed by atoms with Crippen molar-refractivity contribution in [3.05, 3.63) is 76.9 Å². The lowest BCUT2D eigenvalue weighted by atomic mass is 9.88. The van der Waals surface area contributed by atoms with Crippen molar-refractivity contribution in [3.8, 4) is 11.4 Å². The lowest BCUT2D eigenvalue weighted by molar-refractivity contribution is 0.299. The van der Waals surface area contributed by atoms with E-state index in [1.54, 1.807) is 6.07 Å². The van der Waals surface area contributed by atoms with Crippen LogP contribution in [0.15, 0.2) is 43.0 Å². The summed E-state index contributed by atoms with van der Waals surface area (Å²) in [6.45, 7) is 12.4. The number of aromatic amines is 1. The van der Waals surface area contributed by atoms with Crippen LogP contribution in [-0.2, 0) is 12.8 Å². The van der Waals surface area contributed by atoms with E-state index in [1.165, 1.54) is 17.5 Å². The van der Waals surface area contributed by atoms with Gasteiger partial charge in [0.2, 0.25) is 0 Å². The van der Waals surface area contributed by atoms with Crippen LogP contribution in [0.5, 0.6) is 0 Å². The highest BCUT2D eigenvalue weighted by Crippen LogP contribution is 2.34. The molecule has 0 spiro atoms. The van der Waals surface area contributed by atoms with E-state index in [4.69, 9.17) is 0 Å². The Kier molecular flexibility index (Phi) is 6.73. The van der Waals surface area contributed by atoms with Gasteiger partial charge in [-0.05, 0) is 60.9 Å². The number of aryl methyl sites for hydroxylation is 3. The fourth-order valence-corrected chi connectivity index (χ4v) is 4.63. The first-order valence-electron chi connectivity index (χ1n) is 11.7. The first-order valence-corrected chi connectivity index (χ1v) is 11.7. The van der Waals surface area contributed by atoms with E-state index < -0.39 is 0 Å². The van der Waals surface area contributed by atoms with Crippen molar-refractivity contribution in [1.29, 1.82) is 0 Å². The SMILES string of the molecule is C=C(c1cc(-c2n[nH]c(CC)n2)c(F)cc1C)N1CCC(c2ccc(CCC)cc2)CC1. The topological polar surface area (TPSA) is 44.8 Å². The Morgan fingerprint density at radius 3 is 2.50 bits per heavy atom. The minimum atomic E-state index is -0.300. The molecular weight excluding hydrogens is 399 g/mol. The van der Waals surface area contributed by atoms with Gasteiger partial charge in [-0.2, -0.15) is 5.10 Å². The molecule has 0 aliphatic carbocycles. The van der Waals surface area contributed by atoms with Crippen LogP contribution in [0.25, 0.3) is 17.1 Å². The summed E-state index contributed by atoms with van der Waals surface area (Å²) < 4.78 is 14.7. The Morgan fingerprint density at radius 2 is 1.88 bits per heavy atom. The van der Waals surface area contributed by atoms with Gasteiger partial charge < -0.3 is 4.90 Å². The molecule has 0 atom stereocenters. The maximum absolute atomic E-state index is 14.7. The average molecular weight is 433 g/mol. The largest absolute Gasteiger partial charge is 0.371 e. The molecule has 5 heteroatoms. The third-order valence-corrected chi connectivity index (χ3v) is 6.60. The van der Waals surface area contributed by atoms with Gasteiger partial charge >= 0.3 is 0 Å². The number of hydrogen-bond donors (Lipinski definition) is 1. The second-order valence-corrected chi connectivity index (χ2v) is 8.81. The molecule has 4 rings (SSSR count). The van der Waals surface area contributed by atoms with Crippen molar-refractivity contribution in [2.45, 2.75) is 58.8 Å². The van der Waals surface area contributed by atoms with Crippen LogP contribution in [0, 0.1) is 12.7 Å². The van der Waals surface area contributed by atoms with Gasteiger partial charge in [-0.15, -0.1) is 0 Å². The summed E-state index contributed by atoms with van der Waals surface area (Å²) in [4.78, 5) is 6.75. The number of hydrogen-bond acceptors (Lipinski definition) is 3. The Bertz CT molecular complexity index is 1080. The molecule has 0 unspecified atom stereocenters. The van der Waals surface area contributed by atoms with Crippen LogP contribution < -0.4 is 0 Å². The van der Waals surface area contributed by atoms with Crippen molar-refractivity contribution in [3.63, 3.8) is 0 Å². The smallest absolute Gasteiger partial charge is 0.184 e. The number of aromatic nitrogens is 3. The Balaban J connectivity index is 1.47. The molecule has 0 radical (unpaired) electrons. The maximum Gasteiger partial charge on any atom is 0.184 e. The third kappa shape index (κ3) is 4.62. The minimum Gasteiger partial charge on any atom is -0.371 e. The van der Waals surface area contributed by atoms with Gasteiger partial charge in [0.05, 0.1) is 5.56 Å². The van der Waals surface area contributed by atoms with Crippen molar-refractivity contribution >= 4 is 5.70 Å². The summed E-state index contributed by atoms with van der Waals surface area (Å²) in [5, 5.41) is 7.08. The molecule has 2 aromatic carbocycles. The zero-order chi connectivity index (χ0) is 22.7. The van der Waals surface area contributed by atoms with Crippen molar-refractivity contribution in [2.24, 2.45) is 0 Å². The minimum absolute atomic E-state index is 0.300. The van der Waals surface area contributed by atoms with Crippen molar-refractivity contribution in [2.75, 3.05) is 13.1 Å². The Morgan fingerprint density at radius 1 is 1.16 bits per heavy atom. The molecule has 0 bridgehead atoms. The van der Waals surface area contributed by atoms with Crippen LogP contribution in [0.2, 0.25) is 0 Å². The molecule has 1 saturated heterocycles. The maximum atomic E-state index is 14.7. The summed E-state index contributed by atoms with van der Waals surface area (Å²) in [6.07, 6.45) is 5.25. The van der Waals surface area contributed by atoms with Crippen LogP contribution in [0.3, 0.4) is 0 Å². The number of nitrogens with one attached hydrogen (secondary N) is 1. The molecule has 1 aromatic heterocycles. The number of nitrogens with zero attached hydrogens (tertiary/aromatic N) is 3. The number of rotatable bonds is 7. The predicted molar refractivity (Wildman–Crippen MR) is 129 cm³/mol. The molecule has 0 amide bonds. The fraction of sp³-hybridized carbons (Fsp3) is 0.407. The molecule has 168 valence electrons. The summed E-state index contributed by atoms with van der Waals surface area (Å²) in [5.74, 6) is 1.44. The van der Waals surface area contributed by atoms with E-state index in [9.17, 15) is 4.39 Å². The first kappa shape index (κ1) is 22.3. The third-order valence-electron chi connectivity index (χ3n) is 6.60. The van der Waals surface area contributed by atoms with Crippen LogP contribution in [0.4, 0.5) is 4.39 Å². The summed E-state index contributed by atoms with van der Waals surface area (Å²) >= 11 is 0. The van der Waals surface area contributed by atoms with Crippen LogP contribution >= 0.6 is 0 Å². The molecule has 1 N–H and O–H groups in total. The van der Waals surface area contributed by atoms with E-state index in [-0.39, 0.29) is 5.82 Å². The zero-order valence-electron chi connectivity index (χ0n) is 19.4. The summed E-state index contributed by atoms with van der Waals surface area (Å²) in [7, 11) is 0. The highest BCUT2D eigenvalue weighted by atomic mass is 19.1. The van der Waals surface area contributed by atoms with Gasteiger partial charge in [0.1, 0.15) is 11.6 Å². The van der Waals surface area contributed by atoms with E-state index >= 15 is 0 Å². The Labute approximate surface area is 190 Å². The molecule has 32 heavy (non-hydrogen) atoms. The van der Waals surface area contributed by atoms with E-state index in [0.29, 0.717) is 17.3 Å². The lowest BCUT2D eigenvalue weighted by Gasteiger charge is -2.35. The van der Waals surface area contributed by atoms with Gasteiger partial charge in [0.25, 0.3) is 0 Å². The molecule has 1 aliphatic heterocycles. The zero-order valence-corrected chi connectivity index (χ0v) is 19.4. The van der Waals surface area contributed by atoms with Crippen molar-refractivity contribution in [1.82, 2.24) is 20.1 Å². The van der Waals surface area contributed by atoms with Gasteiger partial charge in [0.15, 0.2) is 5.82 Å². The van der Waals surface area contributed by atoms with Crippen LogP contribution in [-0.4, -0.2) is 33.2 Å². The first-order chi connectivity index (χ1) is 15.5. The van der Waals surface area contributed by atoms with E-state index in [1.807, 2.05) is 19.9 Å². The Hall–Kier alpha value is -2.95. The van der Waals surface area contributed by atoms with Gasteiger partial charge in [-0.3, -0.25) is 5.10 Å². The molecule has 2 heterocycles. The van der Waals surface area contributed by atoms with Crippen LogP contribution in [0.1, 0.15) is 67.1 Å². The summed E-state index contributed by atoms with van der Waals surface area (Å²) in [6, 6.07) is 12.6. The van der Waals surface area contributed by atoms with E-state index in [2.05, 4.69) is 57.8 Å². The molecule has 1 aliphatic rings.